The highest BCUT2D eigenvalue weighted by molar-refractivity contribution is 6.30. The van der Waals surface area contributed by atoms with Crippen LogP contribution >= 0.6 is 11.6 Å². The third-order valence-corrected chi connectivity index (χ3v) is 1.95. The average molecular weight is 186 g/mol. The fourth-order valence-electron chi connectivity index (χ4n) is 0.980. The van der Waals surface area contributed by atoms with Crippen LogP contribution in [0.15, 0.2) is 18.2 Å². The summed E-state index contributed by atoms with van der Waals surface area (Å²) in [4.78, 5) is 4.75. The Hall–Kier alpha value is -0.570. The Bertz CT molecular complexity index is 263. The lowest BCUT2D eigenvalue weighted by Crippen LogP contribution is -2.11. The van der Waals surface area contributed by atoms with Gasteiger partial charge in [0.05, 0.1) is 7.11 Å². The highest BCUT2D eigenvalue weighted by atomic mass is 35.5. The zero-order valence-corrected chi connectivity index (χ0v) is 7.98. The van der Waals surface area contributed by atoms with E-state index in [1.165, 1.54) is 5.56 Å². The lowest BCUT2D eigenvalue weighted by Gasteiger charge is -2.05. The number of benzene rings is 1. The smallest absolute Gasteiger partial charge is 0.0572 e. The lowest BCUT2D eigenvalue weighted by molar-refractivity contribution is 0.0866. The van der Waals surface area contributed by atoms with Gasteiger partial charge in [-0.2, -0.15) is 5.48 Å². The number of hydrogen-bond acceptors (Lipinski definition) is 2. The van der Waals surface area contributed by atoms with E-state index in [9.17, 15) is 0 Å². The molecule has 0 saturated heterocycles. The summed E-state index contributed by atoms with van der Waals surface area (Å²) >= 11 is 5.83. The molecule has 0 saturated carbocycles. The molecule has 0 aromatic heterocycles. The van der Waals surface area contributed by atoms with Crippen LogP contribution in [0.3, 0.4) is 0 Å². The van der Waals surface area contributed by atoms with E-state index in [4.69, 9.17) is 16.4 Å². The predicted octanol–water partition coefficient (Wildman–Crippen LogP) is 2.30. The molecule has 0 heterocycles. The van der Waals surface area contributed by atoms with Crippen LogP contribution < -0.4 is 5.48 Å². The van der Waals surface area contributed by atoms with Crippen LogP contribution in [0.1, 0.15) is 11.1 Å². The van der Waals surface area contributed by atoms with Gasteiger partial charge in [0.1, 0.15) is 0 Å². The first-order valence-electron chi connectivity index (χ1n) is 3.75. The molecule has 0 radical (unpaired) electrons. The van der Waals surface area contributed by atoms with Crippen molar-refractivity contribution in [2.75, 3.05) is 7.11 Å². The van der Waals surface area contributed by atoms with Gasteiger partial charge in [0.15, 0.2) is 0 Å². The van der Waals surface area contributed by atoms with Crippen LogP contribution in [0.25, 0.3) is 0 Å². The first kappa shape index (κ1) is 9.52. The average Bonchev–Trinajstić information content (AvgIpc) is 2.07. The van der Waals surface area contributed by atoms with Crippen LogP contribution in [0.2, 0.25) is 5.02 Å². The van der Waals surface area contributed by atoms with Gasteiger partial charge in [-0.3, -0.25) is 0 Å². The number of aryl methyl sites for hydroxylation is 1. The topological polar surface area (TPSA) is 21.3 Å². The molecule has 1 N–H and O–H groups in total. The largest absolute Gasteiger partial charge is 0.305 e. The molecular formula is C9H12ClNO. The van der Waals surface area contributed by atoms with Gasteiger partial charge in [-0.1, -0.05) is 17.7 Å². The van der Waals surface area contributed by atoms with Crippen LogP contribution in [0, 0.1) is 6.92 Å². The predicted molar refractivity (Wildman–Crippen MR) is 50.0 cm³/mol. The Balaban J connectivity index is 2.75. The third kappa shape index (κ3) is 2.48. The molecule has 1 rings (SSSR count). The second-order valence-corrected chi connectivity index (χ2v) is 3.03. The second-order valence-electron chi connectivity index (χ2n) is 2.60. The van der Waals surface area contributed by atoms with Crippen LogP contribution in [-0.2, 0) is 11.4 Å². The van der Waals surface area contributed by atoms with Crippen molar-refractivity contribution in [3.05, 3.63) is 34.3 Å². The maximum absolute atomic E-state index is 5.83. The highest BCUT2D eigenvalue weighted by Crippen LogP contribution is 2.14. The van der Waals surface area contributed by atoms with E-state index in [1.807, 2.05) is 25.1 Å². The highest BCUT2D eigenvalue weighted by Gasteiger charge is 1.97. The standard InChI is InChI=1S/C9H12ClNO/c1-7-3-4-9(10)5-8(7)6-11-12-2/h3-5,11H,6H2,1-2H3. The van der Waals surface area contributed by atoms with E-state index >= 15 is 0 Å². The van der Waals surface area contributed by atoms with Crippen molar-refractivity contribution in [2.24, 2.45) is 0 Å². The molecule has 66 valence electrons. The minimum absolute atomic E-state index is 0.683. The summed E-state index contributed by atoms with van der Waals surface area (Å²) in [5.74, 6) is 0. The number of rotatable bonds is 3. The first-order chi connectivity index (χ1) is 5.74. The zero-order chi connectivity index (χ0) is 8.97. The normalized spacial score (nSPS) is 10.2. The molecule has 2 nitrogen and oxygen atoms in total. The van der Waals surface area contributed by atoms with Gasteiger partial charge in [-0.25, -0.2) is 0 Å². The summed E-state index contributed by atoms with van der Waals surface area (Å²) in [6.45, 7) is 2.73. The quantitative estimate of drug-likeness (QED) is 0.730. The maximum atomic E-state index is 5.83. The van der Waals surface area contributed by atoms with Crippen molar-refractivity contribution in [2.45, 2.75) is 13.5 Å². The molecule has 0 spiro atoms. The Morgan fingerprint density at radius 1 is 1.50 bits per heavy atom. The van der Waals surface area contributed by atoms with Crippen LogP contribution in [0.5, 0.6) is 0 Å². The molecule has 0 aliphatic heterocycles. The summed E-state index contributed by atoms with van der Waals surface area (Å²) in [6, 6.07) is 5.81. The first-order valence-corrected chi connectivity index (χ1v) is 4.12. The van der Waals surface area contributed by atoms with Gasteiger partial charge in [-0.05, 0) is 30.2 Å². The monoisotopic (exact) mass is 185 g/mol. The Labute approximate surface area is 77.4 Å². The molecule has 1 aromatic carbocycles. The fraction of sp³-hybridized carbons (Fsp3) is 0.333. The summed E-state index contributed by atoms with van der Waals surface area (Å²) < 4.78 is 0. The molecule has 1 aromatic rings. The van der Waals surface area contributed by atoms with Gasteiger partial charge in [-0.15, -0.1) is 0 Å². The van der Waals surface area contributed by atoms with Crippen molar-refractivity contribution in [1.29, 1.82) is 0 Å². The Morgan fingerprint density at radius 2 is 2.25 bits per heavy atom. The minimum atomic E-state index is 0.683. The SMILES string of the molecule is CONCc1cc(Cl)ccc1C. The van der Waals surface area contributed by atoms with E-state index in [2.05, 4.69) is 5.48 Å². The summed E-state index contributed by atoms with van der Waals surface area (Å²) in [7, 11) is 1.60. The zero-order valence-electron chi connectivity index (χ0n) is 7.23. The number of hydrogen-bond donors (Lipinski definition) is 1. The molecule has 12 heavy (non-hydrogen) atoms. The molecule has 0 fully saturated rings. The van der Waals surface area contributed by atoms with Crippen molar-refractivity contribution >= 4 is 11.6 Å². The third-order valence-electron chi connectivity index (χ3n) is 1.72. The van der Waals surface area contributed by atoms with Gasteiger partial charge < -0.3 is 4.84 Å². The van der Waals surface area contributed by atoms with Gasteiger partial charge in [0, 0.05) is 11.6 Å². The molecule has 0 aliphatic rings. The Morgan fingerprint density at radius 3 is 2.92 bits per heavy atom. The number of halogens is 1. The van der Waals surface area contributed by atoms with E-state index in [0.717, 1.165) is 10.6 Å². The minimum Gasteiger partial charge on any atom is -0.305 e. The van der Waals surface area contributed by atoms with E-state index < -0.39 is 0 Å². The second kappa shape index (κ2) is 4.45. The number of hydroxylamine groups is 1. The van der Waals surface area contributed by atoms with Crippen molar-refractivity contribution in [1.82, 2.24) is 5.48 Å². The molecule has 0 bridgehead atoms. The van der Waals surface area contributed by atoms with Crippen LogP contribution in [0.4, 0.5) is 0 Å². The van der Waals surface area contributed by atoms with Crippen molar-refractivity contribution in [3.63, 3.8) is 0 Å². The number of nitrogens with one attached hydrogen (secondary N) is 1. The van der Waals surface area contributed by atoms with Gasteiger partial charge in [0.25, 0.3) is 0 Å². The van der Waals surface area contributed by atoms with Crippen LogP contribution in [-0.4, -0.2) is 7.11 Å². The molecule has 0 atom stereocenters. The lowest BCUT2D eigenvalue weighted by atomic mass is 10.1. The summed E-state index contributed by atoms with van der Waals surface area (Å²) in [5.41, 5.74) is 5.14. The van der Waals surface area contributed by atoms with Crippen molar-refractivity contribution < 1.29 is 4.84 Å². The molecule has 3 heteroatoms. The van der Waals surface area contributed by atoms with E-state index in [-0.39, 0.29) is 0 Å². The van der Waals surface area contributed by atoms with Crippen molar-refractivity contribution in [3.8, 4) is 0 Å². The molecule has 0 unspecified atom stereocenters. The van der Waals surface area contributed by atoms with E-state index in [1.54, 1.807) is 7.11 Å². The summed E-state index contributed by atoms with van der Waals surface area (Å²) in [6.07, 6.45) is 0. The van der Waals surface area contributed by atoms with Gasteiger partial charge in [0.2, 0.25) is 0 Å². The van der Waals surface area contributed by atoms with E-state index in [0.29, 0.717) is 6.54 Å². The molecule has 0 amide bonds. The Kier molecular flexibility index (Phi) is 3.53. The maximum Gasteiger partial charge on any atom is 0.0572 e. The fourth-order valence-corrected chi connectivity index (χ4v) is 1.18. The van der Waals surface area contributed by atoms with Gasteiger partial charge >= 0.3 is 0 Å². The molecule has 0 aliphatic carbocycles. The summed E-state index contributed by atoms with van der Waals surface area (Å²) in [5, 5.41) is 0.758. The molecular weight excluding hydrogens is 174 g/mol.